The highest BCUT2D eigenvalue weighted by Crippen LogP contribution is 2.29. The van der Waals surface area contributed by atoms with E-state index in [0.717, 1.165) is 11.3 Å². The van der Waals surface area contributed by atoms with Crippen LogP contribution in [-0.2, 0) is 6.54 Å². The molecule has 0 unspecified atom stereocenters. The number of nitrogens with zero attached hydrogens (tertiary/aromatic N) is 2. The Morgan fingerprint density at radius 2 is 1.97 bits per heavy atom. The van der Waals surface area contributed by atoms with Gasteiger partial charge in [0.05, 0.1) is 12.2 Å². The van der Waals surface area contributed by atoms with Crippen LogP contribution in [-0.4, -0.2) is 22.4 Å². The predicted molar refractivity (Wildman–Crippen MR) is 109 cm³/mol. The van der Waals surface area contributed by atoms with E-state index >= 15 is 0 Å². The summed E-state index contributed by atoms with van der Waals surface area (Å²) in [6.07, 6.45) is -3.87. The minimum absolute atomic E-state index is 0.148. The molecule has 2 aromatic heterocycles. The van der Waals surface area contributed by atoms with Crippen molar-refractivity contribution in [3.63, 3.8) is 0 Å². The van der Waals surface area contributed by atoms with Crippen LogP contribution in [0.1, 0.15) is 25.1 Å². The maximum atomic E-state index is 12.6. The fraction of sp³-hybridized carbons (Fsp3) is 0.300. The predicted octanol–water partition coefficient (Wildman–Crippen LogP) is 5.93. The van der Waals surface area contributed by atoms with E-state index in [4.69, 9.17) is 0 Å². The van der Waals surface area contributed by atoms with Crippen molar-refractivity contribution in [1.29, 1.82) is 0 Å². The van der Waals surface area contributed by atoms with Gasteiger partial charge in [0.1, 0.15) is 11.6 Å². The second-order valence-electron chi connectivity index (χ2n) is 6.42. The first-order valence-electron chi connectivity index (χ1n) is 9.10. The summed E-state index contributed by atoms with van der Waals surface area (Å²) >= 11 is 1.62. The Morgan fingerprint density at radius 3 is 2.66 bits per heavy atom. The summed E-state index contributed by atoms with van der Waals surface area (Å²) in [6.45, 7) is 4.64. The molecule has 0 bridgehead atoms. The van der Waals surface area contributed by atoms with Crippen molar-refractivity contribution in [1.82, 2.24) is 9.97 Å². The smallest absolute Gasteiger partial charge is 0.406 e. The first kappa shape index (κ1) is 20.9. The minimum atomic E-state index is -4.75. The summed E-state index contributed by atoms with van der Waals surface area (Å²) in [7, 11) is 0. The summed E-state index contributed by atoms with van der Waals surface area (Å²) in [5.74, 6) is 0.696. The van der Waals surface area contributed by atoms with E-state index < -0.39 is 6.36 Å². The van der Waals surface area contributed by atoms with Gasteiger partial charge in [-0.25, -0.2) is 4.98 Å². The topological polar surface area (TPSA) is 59.1 Å². The Hall–Kier alpha value is -2.81. The lowest BCUT2D eigenvalue weighted by atomic mass is 10.1. The van der Waals surface area contributed by atoms with E-state index in [1.807, 2.05) is 31.4 Å². The molecule has 1 aromatic carbocycles. The molecule has 0 fully saturated rings. The average Bonchev–Trinajstić information content (AvgIpc) is 3.18. The molecule has 2 N–H and O–H groups in total. The van der Waals surface area contributed by atoms with Crippen LogP contribution in [0.25, 0.3) is 11.3 Å². The number of benzene rings is 1. The second kappa shape index (κ2) is 9.13. The molecular formula is C20H21F3N4OS. The summed E-state index contributed by atoms with van der Waals surface area (Å²) in [5, 5.41) is 8.46. The Labute approximate surface area is 171 Å². The summed E-state index contributed by atoms with van der Waals surface area (Å²) in [6, 6.07) is 11.6. The molecule has 0 aliphatic heterocycles. The molecule has 1 atom stereocenters. The Morgan fingerprint density at radius 1 is 1.14 bits per heavy atom. The summed E-state index contributed by atoms with van der Waals surface area (Å²) in [4.78, 5) is 10.1. The lowest BCUT2D eigenvalue weighted by Gasteiger charge is -2.15. The number of halogens is 3. The molecule has 29 heavy (non-hydrogen) atoms. The molecule has 0 radical (unpaired) electrons. The number of aromatic nitrogens is 2. The number of ether oxygens (including phenoxy) is 1. The quantitative estimate of drug-likeness (QED) is 0.471. The van der Waals surface area contributed by atoms with Gasteiger partial charge in [-0.1, -0.05) is 25.1 Å². The van der Waals surface area contributed by atoms with Crippen LogP contribution in [0.2, 0.25) is 0 Å². The molecule has 0 aliphatic rings. The molecule has 0 spiro atoms. The Balaban J connectivity index is 1.90. The van der Waals surface area contributed by atoms with Crippen molar-refractivity contribution < 1.29 is 17.9 Å². The third-order valence-electron chi connectivity index (χ3n) is 4.10. The molecule has 5 nitrogen and oxygen atoms in total. The highest BCUT2D eigenvalue weighted by Gasteiger charge is 2.31. The van der Waals surface area contributed by atoms with Crippen molar-refractivity contribution in [2.45, 2.75) is 39.2 Å². The first-order valence-corrected chi connectivity index (χ1v) is 9.98. The standard InChI is InChI=1S/C20H21F3N4OS/c1-3-13(2)25-19-26-17(11-18(27-19)24-12-16-8-5-9-29-16)14-6-4-7-15(10-14)28-20(21,22)23/h4-11,13H,3,12H2,1-2H3,(H2,24,25,26,27)/t13-/m0/s1. The SMILES string of the molecule is CC[C@H](C)Nc1nc(NCc2cccs2)cc(-c2cccc(OC(F)(F)F)c2)n1. The van der Waals surface area contributed by atoms with Crippen LogP contribution < -0.4 is 15.4 Å². The van der Waals surface area contributed by atoms with Gasteiger partial charge in [-0.3, -0.25) is 0 Å². The zero-order valence-electron chi connectivity index (χ0n) is 16.0. The van der Waals surface area contributed by atoms with Gasteiger partial charge < -0.3 is 15.4 Å². The average molecular weight is 422 g/mol. The molecular weight excluding hydrogens is 401 g/mol. The highest BCUT2D eigenvalue weighted by molar-refractivity contribution is 7.09. The molecule has 2 heterocycles. The number of rotatable bonds is 8. The molecule has 9 heteroatoms. The van der Waals surface area contributed by atoms with Gasteiger partial charge in [0.2, 0.25) is 5.95 Å². The van der Waals surface area contributed by atoms with Gasteiger partial charge in [0, 0.05) is 22.5 Å². The molecule has 0 aliphatic carbocycles. The van der Waals surface area contributed by atoms with Crippen LogP contribution in [0.15, 0.2) is 47.8 Å². The van der Waals surface area contributed by atoms with Gasteiger partial charge in [-0.05, 0) is 36.9 Å². The molecule has 3 rings (SSSR count). The van der Waals surface area contributed by atoms with Crippen molar-refractivity contribution in [3.8, 4) is 17.0 Å². The first-order chi connectivity index (χ1) is 13.8. The van der Waals surface area contributed by atoms with Crippen molar-refractivity contribution >= 4 is 23.1 Å². The monoisotopic (exact) mass is 422 g/mol. The second-order valence-corrected chi connectivity index (χ2v) is 7.46. The number of anilines is 2. The number of thiophene rings is 1. The van der Waals surface area contributed by atoms with Gasteiger partial charge in [0.15, 0.2) is 0 Å². The van der Waals surface area contributed by atoms with Gasteiger partial charge in [-0.15, -0.1) is 24.5 Å². The fourth-order valence-electron chi connectivity index (χ4n) is 2.52. The van der Waals surface area contributed by atoms with E-state index in [2.05, 4.69) is 25.3 Å². The van der Waals surface area contributed by atoms with Gasteiger partial charge >= 0.3 is 6.36 Å². The minimum Gasteiger partial charge on any atom is -0.406 e. The maximum Gasteiger partial charge on any atom is 0.573 e. The zero-order chi connectivity index (χ0) is 20.9. The van der Waals surface area contributed by atoms with Crippen LogP contribution in [0.5, 0.6) is 5.75 Å². The lowest BCUT2D eigenvalue weighted by Crippen LogP contribution is -2.17. The maximum absolute atomic E-state index is 12.6. The summed E-state index contributed by atoms with van der Waals surface area (Å²) < 4.78 is 41.7. The largest absolute Gasteiger partial charge is 0.573 e. The molecule has 0 amide bonds. The third kappa shape index (κ3) is 6.35. The number of hydrogen-bond acceptors (Lipinski definition) is 6. The number of nitrogens with one attached hydrogen (secondary N) is 2. The summed E-state index contributed by atoms with van der Waals surface area (Å²) in [5.41, 5.74) is 0.993. The molecule has 3 aromatic rings. The number of hydrogen-bond donors (Lipinski definition) is 2. The van der Waals surface area contributed by atoms with Crippen molar-refractivity contribution in [2.24, 2.45) is 0 Å². The lowest BCUT2D eigenvalue weighted by molar-refractivity contribution is -0.274. The van der Waals surface area contributed by atoms with E-state index in [1.54, 1.807) is 23.5 Å². The van der Waals surface area contributed by atoms with Gasteiger partial charge in [0.25, 0.3) is 0 Å². The van der Waals surface area contributed by atoms with Crippen LogP contribution in [0.3, 0.4) is 0 Å². The third-order valence-corrected chi connectivity index (χ3v) is 4.98. The molecule has 0 saturated heterocycles. The van der Waals surface area contributed by atoms with Crippen LogP contribution in [0, 0.1) is 0 Å². The number of alkyl halides is 3. The van der Waals surface area contributed by atoms with E-state index in [-0.39, 0.29) is 11.8 Å². The molecule has 0 saturated carbocycles. The molecule has 154 valence electrons. The van der Waals surface area contributed by atoms with E-state index in [9.17, 15) is 13.2 Å². The normalized spacial score (nSPS) is 12.4. The fourth-order valence-corrected chi connectivity index (χ4v) is 3.16. The van der Waals surface area contributed by atoms with Gasteiger partial charge in [-0.2, -0.15) is 4.98 Å². The van der Waals surface area contributed by atoms with Crippen LogP contribution >= 0.6 is 11.3 Å². The Bertz CT molecular complexity index is 932. The van der Waals surface area contributed by atoms with Crippen LogP contribution in [0.4, 0.5) is 24.9 Å². The van der Waals surface area contributed by atoms with Crippen molar-refractivity contribution in [2.75, 3.05) is 10.6 Å². The van der Waals surface area contributed by atoms with Crippen molar-refractivity contribution in [3.05, 3.63) is 52.7 Å². The zero-order valence-corrected chi connectivity index (χ0v) is 16.8. The highest BCUT2D eigenvalue weighted by atomic mass is 32.1. The Kier molecular flexibility index (Phi) is 6.58. The van der Waals surface area contributed by atoms with E-state index in [1.165, 1.54) is 18.2 Å². The van der Waals surface area contributed by atoms with E-state index in [0.29, 0.717) is 29.6 Å².